The summed E-state index contributed by atoms with van der Waals surface area (Å²) in [6.45, 7) is 4.16. The van der Waals surface area contributed by atoms with Crippen molar-refractivity contribution in [2.75, 3.05) is 0 Å². The van der Waals surface area contributed by atoms with Crippen LogP contribution >= 0.6 is 22.9 Å². The molecule has 0 bridgehead atoms. The first-order valence-electron chi connectivity index (χ1n) is 5.39. The van der Waals surface area contributed by atoms with Gasteiger partial charge in [0.1, 0.15) is 5.01 Å². The number of nitrogens with zero attached hydrogens (tertiary/aromatic N) is 1. The van der Waals surface area contributed by atoms with Crippen LogP contribution in [0.1, 0.15) is 31.7 Å². The predicted octanol–water partition coefficient (Wildman–Crippen LogP) is 3.92. The zero-order valence-corrected chi connectivity index (χ0v) is 11.0. The fraction of sp³-hybridized carbons (Fsp3) is 0.417. The molecule has 2 rings (SSSR count). The first-order valence-corrected chi connectivity index (χ1v) is 6.58. The van der Waals surface area contributed by atoms with Crippen molar-refractivity contribution < 1.29 is 0 Å². The molecule has 16 heavy (non-hydrogen) atoms. The van der Waals surface area contributed by atoms with Gasteiger partial charge in [-0.2, -0.15) is 0 Å². The Kier molecular flexibility index (Phi) is 3.19. The lowest BCUT2D eigenvalue weighted by Gasteiger charge is -2.20. The number of nitrogens with two attached hydrogens (primary N) is 1. The molecule has 4 heteroatoms. The third kappa shape index (κ3) is 2.08. The van der Waals surface area contributed by atoms with Crippen molar-refractivity contribution in [1.82, 2.24) is 4.98 Å². The minimum atomic E-state index is -0.345. The zero-order valence-electron chi connectivity index (χ0n) is 9.46. The molecule has 0 saturated heterocycles. The Morgan fingerprint density at radius 3 is 2.88 bits per heavy atom. The molecule has 1 aromatic carbocycles. The first kappa shape index (κ1) is 11.8. The number of rotatable bonds is 3. The molecule has 0 amide bonds. The number of hydrogen-bond donors (Lipinski definition) is 1. The molecule has 1 heterocycles. The van der Waals surface area contributed by atoms with Crippen molar-refractivity contribution in [1.29, 1.82) is 0 Å². The summed E-state index contributed by atoms with van der Waals surface area (Å²) in [7, 11) is 0. The van der Waals surface area contributed by atoms with Gasteiger partial charge in [-0.05, 0) is 25.5 Å². The predicted molar refractivity (Wildman–Crippen MR) is 71.1 cm³/mol. The number of aromatic nitrogens is 1. The molecule has 0 aliphatic rings. The summed E-state index contributed by atoms with van der Waals surface area (Å²) in [5.41, 5.74) is 6.87. The first-order chi connectivity index (χ1) is 7.54. The van der Waals surface area contributed by atoms with E-state index < -0.39 is 0 Å². The van der Waals surface area contributed by atoms with Gasteiger partial charge in [-0.3, -0.25) is 0 Å². The lowest BCUT2D eigenvalue weighted by molar-refractivity contribution is 0.445. The molecule has 2 nitrogen and oxygen atoms in total. The third-order valence-electron chi connectivity index (χ3n) is 2.62. The van der Waals surface area contributed by atoms with Crippen LogP contribution in [0.5, 0.6) is 0 Å². The molecule has 0 radical (unpaired) electrons. The van der Waals surface area contributed by atoms with Crippen molar-refractivity contribution in [3.8, 4) is 0 Å². The van der Waals surface area contributed by atoms with E-state index in [4.69, 9.17) is 17.3 Å². The van der Waals surface area contributed by atoms with Gasteiger partial charge < -0.3 is 5.73 Å². The molecule has 2 aromatic rings. The molecular weight excluding hydrogens is 240 g/mol. The number of benzene rings is 1. The maximum atomic E-state index is 6.27. The maximum Gasteiger partial charge on any atom is 0.114 e. The molecule has 1 aromatic heterocycles. The van der Waals surface area contributed by atoms with Crippen LogP contribution in [0.3, 0.4) is 0 Å². The lowest BCUT2D eigenvalue weighted by atomic mass is 9.99. The van der Waals surface area contributed by atoms with E-state index >= 15 is 0 Å². The second-order valence-electron chi connectivity index (χ2n) is 4.27. The van der Waals surface area contributed by atoms with E-state index in [9.17, 15) is 0 Å². The largest absolute Gasteiger partial charge is 0.320 e. The normalized spacial score (nSPS) is 15.2. The van der Waals surface area contributed by atoms with Gasteiger partial charge in [0, 0.05) is 0 Å². The Hall–Kier alpha value is -0.640. The minimum absolute atomic E-state index is 0.345. The fourth-order valence-electron chi connectivity index (χ4n) is 1.79. The van der Waals surface area contributed by atoms with Gasteiger partial charge in [0.2, 0.25) is 0 Å². The minimum Gasteiger partial charge on any atom is -0.320 e. The van der Waals surface area contributed by atoms with Crippen molar-refractivity contribution in [3.05, 3.63) is 28.2 Å². The van der Waals surface area contributed by atoms with E-state index in [-0.39, 0.29) is 5.54 Å². The van der Waals surface area contributed by atoms with E-state index in [0.29, 0.717) is 0 Å². The second kappa shape index (κ2) is 4.32. The van der Waals surface area contributed by atoms with Crippen LogP contribution in [-0.4, -0.2) is 4.98 Å². The average molecular weight is 255 g/mol. The summed E-state index contributed by atoms with van der Waals surface area (Å²) >= 11 is 7.73. The molecular formula is C12H15ClN2S. The third-order valence-corrected chi connectivity index (χ3v) is 4.44. The van der Waals surface area contributed by atoms with Crippen molar-refractivity contribution in [2.24, 2.45) is 5.73 Å². The average Bonchev–Trinajstić information content (AvgIpc) is 2.63. The molecule has 0 fully saturated rings. The van der Waals surface area contributed by atoms with Crippen LogP contribution in [0.2, 0.25) is 5.02 Å². The molecule has 1 atom stereocenters. The van der Waals surface area contributed by atoms with Crippen molar-refractivity contribution in [3.63, 3.8) is 0 Å². The van der Waals surface area contributed by atoms with Gasteiger partial charge in [-0.15, -0.1) is 11.3 Å². The fourth-order valence-corrected chi connectivity index (χ4v) is 3.13. The molecule has 0 aliphatic heterocycles. The number of fused-ring (bicyclic) bond motifs is 1. The van der Waals surface area contributed by atoms with Crippen LogP contribution in [-0.2, 0) is 5.54 Å². The van der Waals surface area contributed by atoms with Gasteiger partial charge in [-0.1, -0.05) is 31.0 Å². The Labute approximate surface area is 104 Å². The van der Waals surface area contributed by atoms with Crippen LogP contribution in [0.25, 0.3) is 10.2 Å². The van der Waals surface area contributed by atoms with Crippen LogP contribution < -0.4 is 5.73 Å². The Balaban J connectivity index is 2.51. The molecule has 0 spiro atoms. The smallest absolute Gasteiger partial charge is 0.114 e. The number of halogens is 1. The quantitative estimate of drug-likeness (QED) is 0.902. The maximum absolute atomic E-state index is 6.27. The van der Waals surface area contributed by atoms with E-state index in [1.807, 2.05) is 25.1 Å². The van der Waals surface area contributed by atoms with Crippen LogP contribution in [0.15, 0.2) is 18.2 Å². The second-order valence-corrected chi connectivity index (χ2v) is 5.68. The van der Waals surface area contributed by atoms with Crippen molar-refractivity contribution >= 4 is 33.2 Å². The van der Waals surface area contributed by atoms with E-state index in [1.165, 1.54) is 0 Å². The number of thiazole rings is 1. The zero-order chi connectivity index (χ0) is 11.8. The highest BCUT2D eigenvalue weighted by Crippen LogP contribution is 2.34. The molecule has 0 saturated carbocycles. The van der Waals surface area contributed by atoms with E-state index in [1.54, 1.807) is 11.3 Å². The highest BCUT2D eigenvalue weighted by atomic mass is 35.5. The Bertz CT molecular complexity index is 505. The molecule has 86 valence electrons. The van der Waals surface area contributed by atoms with E-state index in [0.717, 1.165) is 33.1 Å². The number of hydrogen-bond acceptors (Lipinski definition) is 3. The van der Waals surface area contributed by atoms with Crippen LogP contribution in [0, 0.1) is 0 Å². The SMILES string of the molecule is CCCC(C)(N)c1nc2cccc(Cl)c2s1. The summed E-state index contributed by atoms with van der Waals surface area (Å²) in [4.78, 5) is 4.57. The Morgan fingerprint density at radius 1 is 1.50 bits per heavy atom. The summed E-state index contributed by atoms with van der Waals surface area (Å²) in [6, 6.07) is 5.78. The van der Waals surface area contributed by atoms with E-state index in [2.05, 4.69) is 11.9 Å². The highest BCUT2D eigenvalue weighted by Gasteiger charge is 2.24. The topological polar surface area (TPSA) is 38.9 Å². The van der Waals surface area contributed by atoms with Gasteiger partial charge in [-0.25, -0.2) is 4.98 Å². The van der Waals surface area contributed by atoms with Gasteiger partial charge in [0.15, 0.2) is 0 Å². The van der Waals surface area contributed by atoms with Gasteiger partial charge in [0.25, 0.3) is 0 Å². The van der Waals surface area contributed by atoms with Gasteiger partial charge >= 0.3 is 0 Å². The van der Waals surface area contributed by atoms with Gasteiger partial charge in [0.05, 0.1) is 20.8 Å². The summed E-state index contributed by atoms with van der Waals surface area (Å²) < 4.78 is 1.03. The molecule has 2 N–H and O–H groups in total. The summed E-state index contributed by atoms with van der Waals surface area (Å²) in [5, 5.41) is 1.73. The summed E-state index contributed by atoms with van der Waals surface area (Å²) in [6.07, 6.45) is 1.99. The Morgan fingerprint density at radius 2 is 2.25 bits per heavy atom. The molecule has 0 aliphatic carbocycles. The lowest BCUT2D eigenvalue weighted by Crippen LogP contribution is -2.32. The monoisotopic (exact) mass is 254 g/mol. The molecule has 1 unspecified atom stereocenters. The summed E-state index contributed by atoms with van der Waals surface area (Å²) in [5.74, 6) is 0. The standard InChI is InChI=1S/C12H15ClN2S/c1-3-7-12(2,14)11-15-9-6-4-5-8(13)10(9)16-11/h4-6H,3,7,14H2,1-2H3. The highest BCUT2D eigenvalue weighted by molar-refractivity contribution is 7.19. The van der Waals surface area contributed by atoms with Crippen molar-refractivity contribution in [2.45, 2.75) is 32.2 Å². The van der Waals surface area contributed by atoms with Crippen LogP contribution in [0.4, 0.5) is 0 Å².